The quantitative estimate of drug-likeness (QED) is 0.888. The van der Waals surface area contributed by atoms with Gasteiger partial charge in [0.05, 0.1) is 5.54 Å². The van der Waals surface area contributed by atoms with Crippen molar-refractivity contribution in [2.24, 2.45) is 0 Å². The van der Waals surface area contributed by atoms with Gasteiger partial charge in [0.15, 0.2) is 0 Å². The molecule has 0 heterocycles. The van der Waals surface area contributed by atoms with Gasteiger partial charge in [-0.3, -0.25) is 4.79 Å². The van der Waals surface area contributed by atoms with Gasteiger partial charge in [0.2, 0.25) is 5.91 Å². The van der Waals surface area contributed by atoms with Gasteiger partial charge in [0.1, 0.15) is 6.61 Å². The average Bonchev–Trinajstić information content (AvgIpc) is 2.41. The summed E-state index contributed by atoms with van der Waals surface area (Å²) in [5.41, 5.74) is 1.03. The monoisotopic (exact) mass is 247 g/mol. The van der Waals surface area contributed by atoms with Crippen LogP contribution in [0.1, 0.15) is 37.7 Å². The summed E-state index contributed by atoms with van der Waals surface area (Å²) in [7, 11) is 1.55. The van der Waals surface area contributed by atoms with E-state index in [9.17, 15) is 4.79 Å². The minimum atomic E-state index is -0.185. The molecule has 1 amide bonds. The van der Waals surface area contributed by atoms with Crippen LogP contribution in [-0.4, -0.2) is 19.6 Å². The van der Waals surface area contributed by atoms with Crippen LogP contribution in [0.25, 0.3) is 0 Å². The summed E-state index contributed by atoms with van der Waals surface area (Å²) in [6, 6.07) is 10.3. The van der Waals surface area contributed by atoms with Crippen LogP contribution in [0.15, 0.2) is 30.3 Å². The molecule has 0 aromatic heterocycles. The Morgan fingerprint density at radius 3 is 2.50 bits per heavy atom. The lowest BCUT2D eigenvalue weighted by Gasteiger charge is -2.38. The van der Waals surface area contributed by atoms with E-state index in [2.05, 4.69) is 17.4 Å². The van der Waals surface area contributed by atoms with Gasteiger partial charge in [-0.2, -0.15) is 0 Å². The van der Waals surface area contributed by atoms with E-state index in [4.69, 9.17) is 4.74 Å². The third-order valence-corrected chi connectivity index (χ3v) is 3.69. The molecule has 0 bridgehead atoms. The molecule has 1 N–H and O–H groups in total. The largest absolute Gasteiger partial charge is 0.375 e. The van der Waals surface area contributed by atoms with Crippen molar-refractivity contribution in [1.29, 1.82) is 0 Å². The van der Waals surface area contributed by atoms with Gasteiger partial charge in [0.25, 0.3) is 0 Å². The molecule has 0 radical (unpaired) electrons. The van der Waals surface area contributed by atoms with Crippen molar-refractivity contribution in [1.82, 2.24) is 5.32 Å². The topological polar surface area (TPSA) is 38.3 Å². The van der Waals surface area contributed by atoms with Crippen molar-refractivity contribution >= 4 is 5.91 Å². The highest BCUT2D eigenvalue weighted by molar-refractivity contribution is 5.78. The number of amides is 1. The van der Waals surface area contributed by atoms with Gasteiger partial charge in [-0.05, 0) is 18.4 Å². The molecule has 2 rings (SSSR count). The molecule has 0 atom stereocenters. The van der Waals surface area contributed by atoms with Gasteiger partial charge in [-0.1, -0.05) is 49.6 Å². The maximum atomic E-state index is 11.9. The maximum absolute atomic E-state index is 11.9. The summed E-state index contributed by atoms with van der Waals surface area (Å²) in [5, 5.41) is 3.19. The van der Waals surface area contributed by atoms with E-state index in [-0.39, 0.29) is 18.1 Å². The first-order valence-electron chi connectivity index (χ1n) is 6.62. The number of hydrogen-bond acceptors (Lipinski definition) is 2. The molecule has 1 fully saturated rings. The first-order valence-corrected chi connectivity index (χ1v) is 6.62. The fraction of sp³-hybridized carbons (Fsp3) is 0.533. The zero-order valence-corrected chi connectivity index (χ0v) is 10.9. The maximum Gasteiger partial charge on any atom is 0.246 e. The van der Waals surface area contributed by atoms with Crippen LogP contribution >= 0.6 is 0 Å². The van der Waals surface area contributed by atoms with E-state index in [1.165, 1.54) is 24.8 Å². The molecule has 1 aromatic carbocycles. The molecule has 98 valence electrons. The van der Waals surface area contributed by atoms with Gasteiger partial charge in [-0.15, -0.1) is 0 Å². The lowest BCUT2D eigenvalue weighted by Crippen LogP contribution is -2.48. The Morgan fingerprint density at radius 2 is 1.89 bits per heavy atom. The molecule has 1 aliphatic rings. The number of carbonyl (C=O) groups excluding carboxylic acids is 1. The summed E-state index contributed by atoms with van der Waals surface area (Å²) < 4.78 is 4.91. The van der Waals surface area contributed by atoms with Gasteiger partial charge in [0, 0.05) is 7.11 Å². The molecule has 0 saturated heterocycles. The molecule has 0 unspecified atom stereocenters. The van der Waals surface area contributed by atoms with E-state index < -0.39 is 0 Å². The standard InChI is InChI=1S/C15H21NO2/c1-18-12-14(17)16-15(10-6-3-7-11-15)13-8-4-2-5-9-13/h2,4-5,8-9H,3,6-7,10-12H2,1H3,(H,16,17). The van der Waals surface area contributed by atoms with E-state index >= 15 is 0 Å². The molecule has 1 aromatic rings. The Labute approximate surface area is 109 Å². The minimum Gasteiger partial charge on any atom is -0.375 e. The summed E-state index contributed by atoms with van der Waals surface area (Å²) in [4.78, 5) is 11.9. The van der Waals surface area contributed by atoms with Crippen molar-refractivity contribution in [2.75, 3.05) is 13.7 Å². The van der Waals surface area contributed by atoms with E-state index in [1.54, 1.807) is 7.11 Å². The van der Waals surface area contributed by atoms with Gasteiger partial charge in [-0.25, -0.2) is 0 Å². The SMILES string of the molecule is COCC(=O)NC1(c2ccccc2)CCCCC1. The zero-order valence-electron chi connectivity index (χ0n) is 10.9. The molecule has 18 heavy (non-hydrogen) atoms. The number of nitrogens with one attached hydrogen (secondary N) is 1. The fourth-order valence-electron chi connectivity index (χ4n) is 2.83. The van der Waals surface area contributed by atoms with Crippen LogP contribution in [0.2, 0.25) is 0 Å². The molecule has 3 heteroatoms. The van der Waals surface area contributed by atoms with Crippen LogP contribution in [0.3, 0.4) is 0 Å². The first-order chi connectivity index (χ1) is 8.77. The predicted molar refractivity (Wildman–Crippen MR) is 71.2 cm³/mol. The molecular formula is C15H21NO2. The second-order valence-corrected chi connectivity index (χ2v) is 4.99. The van der Waals surface area contributed by atoms with Crippen LogP contribution in [0.5, 0.6) is 0 Å². The fourth-order valence-corrected chi connectivity index (χ4v) is 2.83. The van der Waals surface area contributed by atoms with Crippen LogP contribution < -0.4 is 5.32 Å². The van der Waals surface area contributed by atoms with Gasteiger partial charge >= 0.3 is 0 Å². The number of ether oxygens (including phenoxy) is 1. The highest BCUT2D eigenvalue weighted by Crippen LogP contribution is 2.36. The number of methoxy groups -OCH3 is 1. The minimum absolute atomic E-state index is 0.0248. The lowest BCUT2D eigenvalue weighted by atomic mass is 9.76. The van der Waals surface area contributed by atoms with Crippen molar-refractivity contribution in [2.45, 2.75) is 37.6 Å². The van der Waals surface area contributed by atoms with Crippen LogP contribution in [-0.2, 0) is 15.1 Å². The summed E-state index contributed by atoms with van der Waals surface area (Å²) in [6.45, 7) is 0.134. The highest BCUT2D eigenvalue weighted by Gasteiger charge is 2.34. The molecular weight excluding hydrogens is 226 g/mol. The first kappa shape index (κ1) is 13.1. The normalized spacial score (nSPS) is 18.3. The van der Waals surface area contributed by atoms with Crippen LogP contribution in [0.4, 0.5) is 0 Å². The molecule has 1 aliphatic carbocycles. The molecule has 1 saturated carbocycles. The number of rotatable bonds is 4. The third-order valence-electron chi connectivity index (χ3n) is 3.69. The Hall–Kier alpha value is -1.35. The van der Waals surface area contributed by atoms with Crippen molar-refractivity contribution in [3.05, 3.63) is 35.9 Å². The molecule has 3 nitrogen and oxygen atoms in total. The lowest BCUT2D eigenvalue weighted by molar-refractivity contribution is -0.127. The van der Waals surface area contributed by atoms with Crippen molar-refractivity contribution in [3.63, 3.8) is 0 Å². The Bertz CT molecular complexity index is 383. The summed E-state index contributed by atoms with van der Waals surface area (Å²) in [6.07, 6.45) is 5.64. The van der Waals surface area contributed by atoms with Crippen LogP contribution in [0, 0.1) is 0 Å². The Kier molecular flexibility index (Phi) is 4.37. The Morgan fingerprint density at radius 1 is 1.22 bits per heavy atom. The smallest absolute Gasteiger partial charge is 0.246 e. The van der Waals surface area contributed by atoms with E-state index in [0.717, 1.165) is 12.8 Å². The van der Waals surface area contributed by atoms with Crippen molar-refractivity contribution in [3.8, 4) is 0 Å². The van der Waals surface area contributed by atoms with E-state index in [0.29, 0.717) is 0 Å². The second kappa shape index (κ2) is 6.01. The van der Waals surface area contributed by atoms with E-state index in [1.807, 2.05) is 18.2 Å². The average molecular weight is 247 g/mol. The second-order valence-electron chi connectivity index (χ2n) is 4.99. The number of carbonyl (C=O) groups is 1. The number of benzene rings is 1. The Balaban J connectivity index is 2.20. The zero-order chi connectivity index (χ0) is 12.8. The third kappa shape index (κ3) is 2.91. The summed E-state index contributed by atoms with van der Waals surface area (Å²) in [5.74, 6) is -0.0248. The highest BCUT2D eigenvalue weighted by atomic mass is 16.5. The number of hydrogen-bond donors (Lipinski definition) is 1. The van der Waals surface area contributed by atoms with Gasteiger partial charge < -0.3 is 10.1 Å². The predicted octanol–water partition coefficient (Wildman–Crippen LogP) is 2.61. The summed E-state index contributed by atoms with van der Waals surface area (Å²) >= 11 is 0. The molecule has 0 aliphatic heterocycles. The van der Waals surface area contributed by atoms with Crippen molar-refractivity contribution < 1.29 is 9.53 Å². The molecule has 0 spiro atoms.